The molecule has 8 heteroatoms. The van der Waals surface area contributed by atoms with E-state index < -0.39 is 0 Å². The molecule has 0 saturated heterocycles. The summed E-state index contributed by atoms with van der Waals surface area (Å²) >= 11 is 0. The first kappa shape index (κ1) is 16.2. The number of nitrogens with two attached hydrogens (primary N) is 1. The Balaban J connectivity index is 2.16. The lowest BCUT2D eigenvalue weighted by molar-refractivity contribution is 0.355. The SMILES string of the molecule is COc1cncc(/C(N)=N/N=C/c2ccc(OC)c(OC)c2)n1. The van der Waals surface area contributed by atoms with Crippen molar-refractivity contribution in [1.82, 2.24) is 9.97 Å². The molecule has 2 rings (SSSR count). The molecule has 0 amide bonds. The molecule has 0 bridgehead atoms. The van der Waals surface area contributed by atoms with E-state index in [0.717, 1.165) is 5.56 Å². The summed E-state index contributed by atoms with van der Waals surface area (Å²) in [6.45, 7) is 0. The highest BCUT2D eigenvalue weighted by Gasteiger charge is 2.04. The van der Waals surface area contributed by atoms with Crippen LogP contribution < -0.4 is 19.9 Å². The minimum absolute atomic E-state index is 0.133. The number of amidine groups is 1. The highest BCUT2D eigenvalue weighted by atomic mass is 16.5. The van der Waals surface area contributed by atoms with Crippen LogP contribution in [0.25, 0.3) is 0 Å². The van der Waals surface area contributed by atoms with Gasteiger partial charge >= 0.3 is 0 Å². The van der Waals surface area contributed by atoms with E-state index >= 15 is 0 Å². The lowest BCUT2D eigenvalue weighted by Crippen LogP contribution is -2.15. The number of hydrogen-bond donors (Lipinski definition) is 1. The van der Waals surface area contributed by atoms with Gasteiger partial charge in [0.2, 0.25) is 5.88 Å². The summed E-state index contributed by atoms with van der Waals surface area (Å²) in [6, 6.07) is 5.38. The fourth-order valence-electron chi connectivity index (χ4n) is 1.71. The van der Waals surface area contributed by atoms with Gasteiger partial charge in [-0.2, -0.15) is 5.10 Å². The average Bonchev–Trinajstić information content (AvgIpc) is 2.61. The van der Waals surface area contributed by atoms with Crippen molar-refractivity contribution in [2.24, 2.45) is 15.9 Å². The summed E-state index contributed by atoms with van der Waals surface area (Å²) in [5.41, 5.74) is 6.99. The van der Waals surface area contributed by atoms with Crippen LogP contribution in [0.4, 0.5) is 0 Å². The Bertz CT molecular complexity index is 731. The van der Waals surface area contributed by atoms with Crippen LogP contribution in [0.2, 0.25) is 0 Å². The summed E-state index contributed by atoms with van der Waals surface area (Å²) < 4.78 is 15.4. The van der Waals surface area contributed by atoms with Crippen LogP contribution >= 0.6 is 0 Å². The molecule has 0 aliphatic carbocycles. The van der Waals surface area contributed by atoms with Gasteiger partial charge in [-0.1, -0.05) is 0 Å². The van der Waals surface area contributed by atoms with Crippen LogP contribution in [0.1, 0.15) is 11.3 Å². The molecule has 1 aromatic heterocycles. The minimum Gasteiger partial charge on any atom is -0.493 e. The molecule has 0 unspecified atom stereocenters. The van der Waals surface area contributed by atoms with Crippen LogP contribution in [-0.2, 0) is 0 Å². The second-order valence-electron chi connectivity index (χ2n) is 4.29. The third-order valence-corrected chi connectivity index (χ3v) is 2.86. The molecule has 23 heavy (non-hydrogen) atoms. The molecule has 0 spiro atoms. The maximum absolute atomic E-state index is 5.82. The van der Waals surface area contributed by atoms with Crippen molar-refractivity contribution in [2.75, 3.05) is 21.3 Å². The maximum Gasteiger partial charge on any atom is 0.232 e. The first-order chi connectivity index (χ1) is 11.2. The Morgan fingerprint density at radius 1 is 1.09 bits per heavy atom. The second kappa shape index (κ2) is 7.74. The summed E-state index contributed by atoms with van der Waals surface area (Å²) in [4.78, 5) is 8.07. The molecule has 0 fully saturated rings. The van der Waals surface area contributed by atoms with E-state index in [9.17, 15) is 0 Å². The van der Waals surface area contributed by atoms with Gasteiger partial charge in [-0.25, -0.2) is 4.98 Å². The van der Waals surface area contributed by atoms with E-state index in [2.05, 4.69) is 20.2 Å². The molecule has 2 N–H and O–H groups in total. The van der Waals surface area contributed by atoms with Crippen LogP contribution in [0.3, 0.4) is 0 Å². The van der Waals surface area contributed by atoms with E-state index in [0.29, 0.717) is 23.1 Å². The summed E-state index contributed by atoms with van der Waals surface area (Å²) in [5.74, 6) is 1.73. The van der Waals surface area contributed by atoms with Crippen molar-refractivity contribution in [2.45, 2.75) is 0 Å². The van der Waals surface area contributed by atoms with Gasteiger partial charge in [-0.3, -0.25) is 4.98 Å². The first-order valence-corrected chi connectivity index (χ1v) is 6.63. The third-order valence-electron chi connectivity index (χ3n) is 2.86. The second-order valence-corrected chi connectivity index (χ2v) is 4.29. The number of benzene rings is 1. The molecule has 1 aromatic carbocycles. The van der Waals surface area contributed by atoms with E-state index in [-0.39, 0.29) is 5.84 Å². The smallest absolute Gasteiger partial charge is 0.232 e. The van der Waals surface area contributed by atoms with E-state index in [1.807, 2.05) is 6.07 Å². The van der Waals surface area contributed by atoms with Gasteiger partial charge in [-0.15, -0.1) is 5.10 Å². The van der Waals surface area contributed by atoms with E-state index in [4.69, 9.17) is 19.9 Å². The Kier molecular flexibility index (Phi) is 5.45. The van der Waals surface area contributed by atoms with Crippen molar-refractivity contribution in [3.63, 3.8) is 0 Å². The van der Waals surface area contributed by atoms with Gasteiger partial charge in [0, 0.05) is 0 Å². The molecule has 0 aliphatic rings. The zero-order valence-corrected chi connectivity index (χ0v) is 13.1. The number of rotatable bonds is 6. The molecule has 0 aliphatic heterocycles. The first-order valence-electron chi connectivity index (χ1n) is 6.63. The van der Waals surface area contributed by atoms with Crippen molar-refractivity contribution in [1.29, 1.82) is 0 Å². The zero-order valence-electron chi connectivity index (χ0n) is 13.1. The van der Waals surface area contributed by atoms with Gasteiger partial charge in [0.1, 0.15) is 5.69 Å². The van der Waals surface area contributed by atoms with Crippen LogP contribution in [0.15, 0.2) is 40.8 Å². The third kappa shape index (κ3) is 4.16. The van der Waals surface area contributed by atoms with Crippen molar-refractivity contribution < 1.29 is 14.2 Å². The van der Waals surface area contributed by atoms with Gasteiger partial charge < -0.3 is 19.9 Å². The van der Waals surface area contributed by atoms with E-state index in [1.165, 1.54) is 19.5 Å². The number of ether oxygens (including phenoxy) is 3. The maximum atomic E-state index is 5.82. The number of methoxy groups -OCH3 is 3. The lowest BCUT2D eigenvalue weighted by atomic mass is 10.2. The normalized spacial score (nSPS) is 11.5. The summed E-state index contributed by atoms with van der Waals surface area (Å²) in [5, 5.41) is 7.83. The van der Waals surface area contributed by atoms with Crippen LogP contribution in [0, 0.1) is 0 Å². The Hall–Kier alpha value is -3.16. The topological polar surface area (TPSA) is 104 Å². The Morgan fingerprint density at radius 2 is 1.87 bits per heavy atom. The molecular formula is C15H17N5O3. The number of aromatic nitrogens is 2. The van der Waals surface area contributed by atoms with Crippen molar-refractivity contribution >= 4 is 12.1 Å². The van der Waals surface area contributed by atoms with Gasteiger partial charge in [0.15, 0.2) is 17.3 Å². The molecule has 0 atom stereocenters. The molecule has 8 nitrogen and oxygen atoms in total. The standard InChI is InChI=1S/C15H17N5O3/c1-21-12-5-4-10(6-13(12)22-2)7-18-20-15(16)11-8-17-9-14(19-11)23-3/h4-9H,1-3H3,(H2,16,20)/b18-7+. The monoisotopic (exact) mass is 315 g/mol. The number of hydrogen-bond acceptors (Lipinski definition) is 7. The van der Waals surface area contributed by atoms with E-state index in [1.54, 1.807) is 32.6 Å². The summed E-state index contributed by atoms with van der Waals surface area (Å²) in [7, 11) is 4.64. The average molecular weight is 315 g/mol. The lowest BCUT2D eigenvalue weighted by Gasteiger charge is -2.07. The van der Waals surface area contributed by atoms with Crippen molar-refractivity contribution in [3.8, 4) is 17.4 Å². The molecule has 120 valence electrons. The van der Waals surface area contributed by atoms with Gasteiger partial charge in [0.25, 0.3) is 0 Å². The Morgan fingerprint density at radius 3 is 2.57 bits per heavy atom. The number of nitrogens with zero attached hydrogens (tertiary/aromatic N) is 4. The largest absolute Gasteiger partial charge is 0.493 e. The van der Waals surface area contributed by atoms with Gasteiger partial charge in [-0.05, 0) is 23.8 Å². The van der Waals surface area contributed by atoms with Crippen molar-refractivity contribution in [3.05, 3.63) is 41.9 Å². The molecule has 1 heterocycles. The zero-order chi connectivity index (χ0) is 16.7. The van der Waals surface area contributed by atoms with Crippen LogP contribution in [-0.4, -0.2) is 43.3 Å². The minimum atomic E-state index is 0.133. The molecule has 0 radical (unpaired) electrons. The predicted octanol–water partition coefficient (Wildman–Crippen LogP) is 1.24. The van der Waals surface area contributed by atoms with Crippen LogP contribution in [0.5, 0.6) is 17.4 Å². The molecule has 2 aromatic rings. The highest BCUT2D eigenvalue weighted by Crippen LogP contribution is 2.26. The predicted molar refractivity (Wildman–Crippen MR) is 86.4 cm³/mol. The Labute approximate surface area is 133 Å². The fraction of sp³-hybridized carbons (Fsp3) is 0.200. The van der Waals surface area contributed by atoms with Gasteiger partial charge in [0.05, 0.1) is 39.9 Å². The quantitative estimate of drug-likeness (QED) is 0.488. The molecule has 0 saturated carbocycles. The molecular weight excluding hydrogens is 298 g/mol. The summed E-state index contributed by atoms with van der Waals surface area (Å²) in [6.07, 6.45) is 4.50. The highest BCUT2D eigenvalue weighted by molar-refractivity contribution is 5.95. The fourth-order valence-corrected chi connectivity index (χ4v) is 1.71.